The highest BCUT2D eigenvalue weighted by Gasteiger charge is 2.22. The van der Waals surface area contributed by atoms with E-state index in [4.69, 9.17) is 5.73 Å². The number of nitrogens with two attached hydrogens (primary N) is 1. The maximum atomic E-state index is 13.5. The lowest BCUT2D eigenvalue weighted by atomic mass is 10.0. The molecule has 0 aliphatic carbocycles. The first kappa shape index (κ1) is 15.8. The number of rotatable bonds is 5. The van der Waals surface area contributed by atoms with Crippen molar-refractivity contribution in [3.05, 3.63) is 35.6 Å². The third-order valence-corrected chi connectivity index (χ3v) is 4.13. The summed E-state index contributed by atoms with van der Waals surface area (Å²) in [5.41, 5.74) is 6.04. The summed E-state index contributed by atoms with van der Waals surface area (Å²) in [6.07, 6.45) is 3.48. The highest BCUT2D eigenvalue weighted by molar-refractivity contribution is 5.72. The van der Waals surface area contributed by atoms with E-state index < -0.39 is 0 Å². The average molecular weight is 293 g/mol. The fraction of sp³-hybridized carbons (Fsp3) is 0.562. The van der Waals surface area contributed by atoms with Crippen LogP contribution in [0.15, 0.2) is 24.3 Å². The van der Waals surface area contributed by atoms with Gasteiger partial charge < -0.3 is 16.0 Å². The van der Waals surface area contributed by atoms with Gasteiger partial charge in [-0.1, -0.05) is 18.2 Å². The van der Waals surface area contributed by atoms with Crippen LogP contribution in [0.4, 0.5) is 9.18 Å². The zero-order chi connectivity index (χ0) is 15.2. The summed E-state index contributed by atoms with van der Waals surface area (Å²) >= 11 is 0. The molecule has 0 unspecified atom stereocenters. The number of carbonyl (C=O) groups is 1. The number of hydrogen-bond donors (Lipinski definition) is 2. The molecule has 1 aliphatic heterocycles. The molecule has 1 atom stereocenters. The van der Waals surface area contributed by atoms with Crippen molar-refractivity contribution in [3.63, 3.8) is 0 Å². The van der Waals surface area contributed by atoms with Gasteiger partial charge in [0, 0.05) is 25.2 Å². The Morgan fingerprint density at radius 3 is 2.71 bits per heavy atom. The van der Waals surface area contributed by atoms with Crippen LogP contribution in [0.3, 0.4) is 0 Å². The van der Waals surface area contributed by atoms with Gasteiger partial charge in [-0.25, -0.2) is 9.18 Å². The maximum absolute atomic E-state index is 13.5. The largest absolute Gasteiger partial charge is 0.351 e. The van der Waals surface area contributed by atoms with Crippen molar-refractivity contribution in [2.75, 3.05) is 13.1 Å². The third-order valence-electron chi connectivity index (χ3n) is 4.13. The number of aryl methyl sites for hydroxylation is 1. The molecule has 1 fully saturated rings. The molecular formula is C16H24FN3O. The molecule has 1 aromatic rings. The van der Waals surface area contributed by atoms with Crippen molar-refractivity contribution in [2.45, 2.75) is 44.7 Å². The Morgan fingerprint density at radius 1 is 1.43 bits per heavy atom. The van der Waals surface area contributed by atoms with Crippen LogP contribution in [0.5, 0.6) is 0 Å². The predicted molar refractivity (Wildman–Crippen MR) is 81.5 cm³/mol. The first-order chi connectivity index (χ1) is 10.1. The number of halogens is 1. The molecule has 1 aliphatic rings. The van der Waals surface area contributed by atoms with Gasteiger partial charge in [-0.05, 0) is 44.2 Å². The Hall–Kier alpha value is -1.62. The molecule has 4 nitrogen and oxygen atoms in total. The van der Waals surface area contributed by atoms with Crippen LogP contribution in [0, 0.1) is 5.82 Å². The summed E-state index contributed by atoms with van der Waals surface area (Å²) in [6.45, 7) is 3.56. The summed E-state index contributed by atoms with van der Waals surface area (Å²) in [7, 11) is 0. The van der Waals surface area contributed by atoms with Gasteiger partial charge in [-0.15, -0.1) is 0 Å². The van der Waals surface area contributed by atoms with E-state index >= 15 is 0 Å². The van der Waals surface area contributed by atoms with Crippen LogP contribution < -0.4 is 11.1 Å². The smallest absolute Gasteiger partial charge is 0.314 e. The molecule has 21 heavy (non-hydrogen) atoms. The number of hydrogen-bond acceptors (Lipinski definition) is 2. The first-order valence-electron chi connectivity index (χ1n) is 7.60. The molecule has 3 N–H and O–H groups in total. The summed E-state index contributed by atoms with van der Waals surface area (Å²) in [5.74, 6) is -0.125. The molecule has 1 aromatic carbocycles. The normalized spacial score (nSPS) is 17.7. The van der Waals surface area contributed by atoms with E-state index in [1.807, 2.05) is 12.1 Å². The number of carbonyl (C=O) groups excluding carboxylic acids is 1. The molecule has 2 rings (SSSR count). The predicted octanol–water partition coefficient (Wildman–Crippen LogP) is 2.28. The lowest BCUT2D eigenvalue weighted by Gasteiger charge is -2.33. The standard InChI is InChI=1S/C16H24FN3O/c1-12(6-7-13-4-2-3-5-15(13)17)19-14-8-10-20(11-9-14)16(18)21/h2-5,12,14,19H,6-11H2,1H3,(H2,18,21)/t12-/m0/s1. The number of piperidine rings is 1. The SMILES string of the molecule is C[C@@H](CCc1ccccc1F)NC1CCN(C(N)=O)CC1. The summed E-state index contributed by atoms with van der Waals surface area (Å²) < 4.78 is 13.5. The van der Waals surface area contributed by atoms with E-state index in [2.05, 4.69) is 12.2 Å². The molecule has 5 heteroatoms. The van der Waals surface area contributed by atoms with Gasteiger partial charge in [0.1, 0.15) is 5.82 Å². The van der Waals surface area contributed by atoms with E-state index in [1.54, 1.807) is 11.0 Å². The minimum atomic E-state index is -0.332. The Kier molecular flexibility index (Phi) is 5.56. The second kappa shape index (κ2) is 7.41. The number of likely N-dealkylation sites (tertiary alicyclic amines) is 1. The van der Waals surface area contributed by atoms with Gasteiger partial charge in [-0.2, -0.15) is 0 Å². The van der Waals surface area contributed by atoms with E-state index in [0.717, 1.165) is 31.2 Å². The van der Waals surface area contributed by atoms with Crippen LogP contribution in [-0.2, 0) is 6.42 Å². The third kappa shape index (κ3) is 4.70. The number of benzene rings is 1. The van der Waals surface area contributed by atoms with Gasteiger partial charge in [0.15, 0.2) is 0 Å². The second-order valence-corrected chi connectivity index (χ2v) is 5.80. The van der Waals surface area contributed by atoms with Crippen LogP contribution >= 0.6 is 0 Å². The fourth-order valence-corrected chi connectivity index (χ4v) is 2.83. The molecule has 1 heterocycles. The highest BCUT2D eigenvalue weighted by Crippen LogP contribution is 2.13. The van der Waals surface area contributed by atoms with E-state index in [1.165, 1.54) is 6.07 Å². The molecule has 0 bridgehead atoms. The monoisotopic (exact) mass is 293 g/mol. The summed E-state index contributed by atoms with van der Waals surface area (Å²) in [4.78, 5) is 12.7. The minimum Gasteiger partial charge on any atom is -0.351 e. The molecule has 116 valence electrons. The van der Waals surface area contributed by atoms with Crippen LogP contribution in [0.25, 0.3) is 0 Å². The van der Waals surface area contributed by atoms with Gasteiger partial charge in [0.25, 0.3) is 0 Å². The first-order valence-corrected chi connectivity index (χ1v) is 7.60. The molecule has 0 aromatic heterocycles. The van der Waals surface area contributed by atoms with Crippen molar-refractivity contribution in [1.29, 1.82) is 0 Å². The average Bonchev–Trinajstić information content (AvgIpc) is 2.47. The van der Waals surface area contributed by atoms with E-state index in [0.29, 0.717) is 25.2 Å². The molecule has 0 radical (unpaired) electrons. The van der Waals surface area contributed by atoms with Gasteiger partial charge in [0.05, 0.1) is 0 Å². The van der Waals surface area contributed by atoms with Gasteiger partial charge in [-0.3, -0.25) is 0 Å². The summed E-state index contributed by atoms with van der Waals surface area (Å²) in [5, 5.41) is 3.57. The molecule has 1 saturated heterocycles. The van der Waals surface area contributed by atoms with Crippen LogP contribution in [-0.4, -0.2) is 36.1 Å². The molecule has 0 spiro atoms. The number of urea groups is 1. The van der Waals surface area contributed by atoms with Crippen LogP contribution in [0.1, 0.15) is 31.7 Å². The highest BCUT2D eigenvalue weighted by atomic mass is 19.1. The maximum Gasteiger partial charge on any atom is 0.314 e. The van der Waals surface area contributed by atoms with Crippen molar-refractivity contribution >= 4 is 6.03 Å². The van der Waals surface area contributed by atoms with Crippen LogP contribution in [0.2, 0.25) is 0 Å². The quantitative estimate of drug-likeness (QED) is 0.875. The Morgan fingerprint density at radius 2 is 2.10 bits per heavy atom. The lowest BCUT2D eigenvalue weighted by Crippen LogP contribution is -2.48. The van der Waals surface area contributed by atoms with E-state index in [9.17, 15) is 9.18 Å². The Balaban J connectivity index is 1.72. The fourth-order valence-electron chi connectivity index (χ4n) is 2.83. The molecule has 2 amide bonds. The zero-order valence-corrected chi connectivity index (χ0v) is 12.5. The van der Waals surface area contributed by atoms with Crippen molar-refractivity contribution in [3.8, 4) is 0 Å². The lowest BCUT2D eigenvalue weighted by molar-refractivity contribution is 0.182. The second-order valence-electron chi connectivity index (χ2n) is 5.80. The van der Waals surface area contributed by atoms with Crippen molar-refractivity contribution < 1.29 is 9.18 Å². The van der Waals surface area contributed by atoms with Crippen molar-refractivity contribution in [2.24, 2.45) is 5.73 Å². The topological polar surface area (TPSA) is 58.4 Å². The Bertz CT molecular complexity index is 472. The molecular weight excluding hydrogens is 269 g/mol. The van der Waals surface area contributed by atoms with Crippen molar-refractivity contribution in [1.82, 2.24) is 10.2 Å². The number of nitrogens with zero attached hydrogens (tertiary/aromatic N) is 1. The van der Waals surface area contributed by atoms with Gasteiger partial charge >= 0.3 is 6.03 Å². The zero-order valence-electron chi connectivity index (χ0n) is 12.5. The number of amides is 2. The Labute approximate surface area is 125 Å². The van der Waals surface area contributed by atoms with E-state index in [-0.39, 0.29) is 11.8 Å². The number of primary amides is 1. The summed E-state index contributed by atoms with van der Waals surface area (Å²) in [6, 6.07) is 7.34. The molecule has 0 saturated carbocycles. The van der Waals surface area contributed by atoms with Gasteiger partial charge in [0.2, 0.25) is 0 Å². The minimum absolute atomic E-state index is 0.125. The number of nitrogens with one attached hydrogen (secondary N) is 1.